The number of carbonyl (C=O) groups excluding carboxylic acids is 1. The van der Waals surface area contributed by atoms with Gasteiger partial charge in [-0.3, -0.25) is 4.79 Å². The molecule has 1 saturated carbocycles. The van der Waals surface area contributed by atoms with Gasteiger partial charge in [-0.15, -0.1) is 0 Å². The summed E-state index contributed by atoms with van der Waals surface area (Å²) in [6.07, 6.45) is 3.19. The molecular formula is C28H26BrN3O. The van der Waals surface area contributed by atoms with Crippen molar-refractivity contribution in [2.24, 2.45) is 11.8 Å². The molecule has 3 aromatic carbocycles. The van der Waals surface area contributed by atoms with Gasteiger partial charge in [0, 0.05) is 35.6 Å². The van der Waals surface area contributed by atoms with E-state index in [0.29, 0.717) is 17.7 Å². The summed E-state index contributed by atoms with van der Waals surface area (Å²) in [5.41, 5.74) is 5.66. The van der Waals surface area contributed by atoms with Crippen molar-refractivity contribution in [3.8, 4) is 22.5 Å². The van der Waals surface area contributed by atoms with Gasteiger partial charge in [0.15, 0.2) is 0 Å². The number of hydrogen-bond acceptors (Lipinski definition) is 2. The Labute approximate surface area is 202 Å². The summed E-state index contributed by atoms with van der Waals surface area (Å²) in [6.45, 7) is 2.60. The number of amides is 1. The highest BCUT2D eigenvalue weighted by Gasteiger charge is 2.36. The van der Waals surface area contributed by atoms with E-state index in [1.165, 1.54) is 11.1 Å². The molecule has 1 aromatic heterocycles. The quantitative estimate of drug-likeness (QED) is 0.319. The van der Waals surface area contributed by atoms with Crippen molar-refractivity contribution in [2.75, 3.05) is 13.1 Å². The van der Waals surface area contributed by atoms with Crippen molar-refractivity contribution < 1.29 is 4.79 Å². The average Bonchev–Trinajstić information content (AvgIpc) is 3.49. The van der Waals surface area contributed by atoms with Crippen LogP contribution in [0, 0.1) is 11.8 Å². The first-order chi connectivity index (χ1) is 16.2. The van der Waals surface area contributed by atoms with Crippen LogP contribution in [0.3, 0.4) is 0 Å². The third-order valence-electron chi connectivity index (χ3n) is 6.93. The molecule has 1 aliphatic heterocycles. The molecule has 2 heterocycles. The number of hydrogen-bond donors (Lipinski definition) is 0. The number of fused-ring (bicyclic) bond motifs is 1. The Hall–Kier alpha value is -2.92. The zero-order valence-corrected chi connectivity index (χ0v) is 20.0. The fourth-order valence-corrected chi connectivity index (χ4v) is 5.58. The average molecular weight is 500 g/mol. The molecule has 33 heavy (non-hydrogen) atoms. The normalized spacial score (nSPS) is 18.2. The molecule has 2 fully saturated rings. The summed E-state index contributed by atoms with van der Waals surface area (Å²) in [7, 11) is 0. The third kappa shape index (κ3) is 3.99. The molecule has 0 spiro atoms. The Balaban J connectivity index is 1.33. The first-order valence-corrected chi connectivity index (χ1v) is 12.6. The summed E-state index contributed by atoms with van der Waals surface area (Å²) in [4.78, 5) is 19.7. The molecule has 2 aliphatic rings. The second kappa shape index (κ2) is 8.45. The maximum absolute atomic E-state index is 12.6. The summed E-state index contributed by atoms with van der Waals surface area (Å²) in [5, 5.41) is 0. The largest absolute Gasteiger partial charge is 0.342 e. The second-order valence-electron chi connectivity index (χ2n) is 9.31. The van der Waals surface area contributed by atoms with Crippen molar-refractivity contribution >= 4 is 32.9 Å². The number of likely N-dealkylation sites (tertiary alicyclic amines) is 1. The first kappa shape index (κ1) is 20.7. The first-order valence-electron chi connectivity index (χ1n) is 11.8. The van der Waals surface area contributed by atoms with Gasteiger partial charge in [-0.05, 0) is 64.4 Å². The highest BCUT2D eigenvalue weighted by atomic mass is 79.9. The van der Waals surface area contributed by atoms with E-state index in [-0.39, 0.29) is 0 Å². The van der Waals surface area contributed by atoms with Gasteiger partial charge in [0.1, 0.15) is 5.82 Å². The van der Waals surface area contributed by atoms with E-state index in [4.69, 9.17) is 4.98 Å². The van der Waals surface area contributed by atoms with Crippen LogP contribution in [0.4, 0.5) is 0 Å². The van der Waals surface area contributed by atoms with Gasteiger partial charge >= 0.3 is 0 Å². The second-order valence-corrected chi connectivity index (χ2v) is 10.2. The minimum Gasteiger partial charge on any atom is -0.342 e. The van der Waals surface area contributed by atoms with Gasteiger partial charge < -0.3 is 9.47 Å². The van der Waals surface area contributed by atoms with Gasteiger partial charge in [0.25, 0.3) is 0 Å². The predicted octanol–water partition coefficient (Wildman–Crippen LogP) is 6.39. The van der Waals surface area contributed by atoms with E-state index >= 15 is 0 Å². The SMILES string of the molecule is O=C(C1CC1)N1CCC(Cn2c(-c3ccc(-c4ccccc4)cc3)nc3cccc(Br)c32)C1. The maximum atomic E-state index is 12.6. The lowest BCUT2D eigenvalue weighted by molar-refractivity contribution is -0.131. The predicted molar refractivity (Wildman–Crippen MR) is 136 cm³/mol. The lowest BCUT2D eigenvalue weighted by Crippen LogP contribution is -2.30. The van der Waals surface area contributed by atoms with E-state index in [1.54, 1.807) is 0 Å². The topological polar surface area (TPSA) is 38.1 Å². The number of benzene rings is 3. The molecule has 4 aromatic rings. The van der Waals surface area contributed by atoms with Gasteiger partial charge in [0.2, 0.25) is 5.91 Å². The van der Waals surface area contributed by atoms with Gasteiger partial charge in [-0.25, -0.2) is 4.98 Å². The summed E-state index contributed by atoms with van der Waals surface area (Å²) < 4.78 is 3.41. The highest BCUT2D eigenvalue weighted by Crippen LogP contribution is 2.35. The van der Waals surface area contributed by atoms with Gasteiger partial charge in [0.05, 0.1) is 11.0 Å². The highest BCUT2D eigenvalue weighted by molar-refractivity contribution is 9.10. The van der Waals surface area contributed by atoms with Crippen LogP contribution in [0.2, 0.25) is 0 Å². The van der Waals surface area contributed by atoms with Crippen molar-refractivity contribution in [3.05, 3.63) is 77.3 Å². The lowest BCUT2D eigenvalue weighted by atomic mass is 10.0. The minimum atomic E-state index is 0.297. The zero-order chi connectivity index (χ0) is 22.4. The maximum Gasteiger partial charge on any atom is 0.225 e. The summed E-state index contributed by atoms with van der Waals surface area (Å²) in [5.74, 6) is 2.10. The Morgan fingerprint density at radius 2 is 1.61 bits per heavy atom. The van der Waals surface area contributed by atoms with E-state index < -0.39 is 0 Å². The summed E-state index contributed by atoms with van der Waals surface area (Å²) >= 11 is 3.76. The Morgan fingerprint density at radius 3 is 2.36 bits per heavy atom. The molecule has 1 saturated heterocycles. The number of rotatable bonds is 5. The molecule has 1 atom stereocenters. The van der Waals surface area contributed by atoms with Crippen LogP contribution in [0.15, 0.2) is 77.3 Å². The molecule has 5 heteroatoms. The van der Waals surface area contributed by atoms with E-state index in [1.807, 2.05) is 12.1 Å². The molecule has 0 bridgehead atoms. The molecule has 166 valence electrons. The van der Waals surface area contributed by atoms with Crippen molar-refractivity contribution in [3.63, 3.8) is 0 Å². The van der Waals surface area contributed by atoms with Crippen LogP contribution < -0.4 is 0 Å². The van der Waals surface area contributed by atoms with E-state index in [9.17, 15) is 4.79 Å². The number of nitrogens with zero attached hydrogens (tertiary/aromatic N) is 3. The molecule has 4 nitrogen and oxygen atoms in total. The fraction of sp³-hybridized carbons (Fsp3) is 0.286. The monoisotopic (exact) mass is 499 g/mol. The molecule has 6 rings (SSSR count). The molecule has 0 radical (unpaired) electrons. The van der Waals surface area contributed by atoms with Crippen LogP contribution in [0.1, 0.15) is 19.3 Å². The number of imidazole rings is 1. The van der Waals surface area contributed by atoms with Crippen molar-refractivity contribution in [1.29, 1.82) is 0 Å². The van der Waals surface area contributed by atoms with Crippen LogP contribution in [0.25, 0.3) is 33.5 Å². The Kier molecular flexibility index (Phi) is 5.30. The zero-order valence-electron chi connectivity index (χ0n) is 18.5. The van der Waals surface area contributed by atoms with E-state index in [0.717, 1.165) is 65.8 Å². The third-order valence-corrected chi connectivity index (χ3v) is 7.57. The molecule has 0 N–H and O–H groups in total. The smallest absolute Gasteiger partial charge is 0.225 e. The Bertz CT molecular complexity index is 1310. The molecule has 1 aliphatic carbocycles. The number of halogens is 1. The number of para-hydroxylation sites is 1. The fourth-order valence-electron chi connectivity index (χ4n) is 5.01. The molecule has 1 unspecified atom stereocenters. The van der Waals surface area contributed by atoms with Gasteiger partial charge in [-0.1, -0.05) is 60.7 Å². The number of aromatic nitrogens is 2. The van der Waals surface area contributed by atoms with Crippen LogP contribution in [-0.4, -0.2) is 33.4 Å². The van der Waals surface area contributed by atoms with Crippen LogP contribution in [-0.2, 0) is 11.3 Å². The standard InChI is InChI=1S/C28H26BrN3O/c29-24-7-4-8-25-26(24)32(18-19-15-16-31(17-19)28(33)23-13-14-23)27(30-25)22-11-9-21(10-12-22)20-5-2-1-3-6-20/h1-12,19,23H,13-18H2. The van der Waals surface area contributed by atoms with Crippen molar-refractivity contribution in [1.82, 2.24) is 14.5 Å². The van der Waals surface area contributed by atoms with Crippen LogP contribution >= 0.6 is 15.9 Å². The summed E-state index contributed by atoms with van der Waals surface area (Å²) in [6, 6.07) is 25.3. The minimum absolute atomic E-state index is 0.297. The van der Waals surface area contributed by atoms with E-state index in [2.05, 4.69) is 86.1 Å². The van der Waals surface area contributed by atoms with Gasteiger partial charge in [-0.2, -0.15) is 0 Å². The Morgan fingerprint density at radius 1 is 0.879 bits per heavy atom. The van der Waals surface area contributed by atoms with Crippen LogP contribution in [0.5, 0.6) is 0 Å². The molecular weight excluding hydrogens is 474 g/mol. The van der Waals surface area contributed by atoms with Crippen molar-refractivity contribution in [2.45, 2.75) is 25.8 Å². The number of carbonyl (C=O) groups is 1. The lowest BCUT2D eigenvalue weighted by Gasteiger charge is -2.18. The molecule has 1 amide bonds.